The molecular formula is C15H32N2O. The van der Waals surface area contributed by atoms with Gasteiger partial charge in [0.05, 0.1) is 0 Å². The van der Waals surface area contributed by atoms with Crippen LogP contribution in [0.5, 0.6) is 0 Å². The Hall–Kier alpha value is -0.570. The number of nitrogens with one attached hydrogen (secondary N) is 1. The van der Waals surface area contributed by atoms with E-state index in [1.807, 2.05) is 0 Å². The summed E-state index contributed by atoms with van der Waals surface area (Å²) in [6, 6.07) is 0. The second kappa shape index (κ2) is 7.13. The largest absolute Gasteiger partial charge is 0.356 e. The molecule has 18 heavy (non-hydrogen) atoms. The Balaban J connectivity index is 4.08. The van der Waals surface area contributed by atoms with Crippen molar-refractivity contribution in [2.45, 2.75) is 60.8 Å². The quantitative estimate of drug-likeness (QED) is 0.767. The first kappa shape index (κ1) is 17.4. The van der Waals surface area contributed by atoms with E-state index in [9.17, 15) is 4.79 Å². The fourth-order valence-corrected chi connectivity index (χ4v) is 1.97. The van der Waals surface area contributed by atoms with E-state index in [0.29, 0.717) is 18.9 Å². The molecule has 0 saturated carbocycles. The summed E-state index contributed by atoms with van der Waals surface area (Å²) in [6.45, 7) is 14.5. The van der Waals surface area contributed by atoms with Gasteiger partial charge < -0.3 is 11.1 Å². The summed E-state index contributed by atoms with van der Waals surface area (Å²) in [5, 5.41) is 3.00. The van der Waals surface area contributed by atoms with E-state index < -0.39 is 0 Å². The first-order chi connectivity index (χ1) is 8.06. The molecule has 0 spiro atoms. The Morgan fingerprint density at radius 2 is 1.67 bits per heavy atom. The summed E-state index contributed by atoms with van der Waals surface area (Å²) in [7, 11) is 0. The zero-order valence-electron chi connectivity index (χ0n) is 13.1. The van der Waals surface area contributed by atoms with Crippen molar-refractivity contribution in [1.29, 1.82) is 0 Å². The van der Waals surface area contributed by atoms with Crippen molar-refractivity contribution >= 4 is 5.91 Å². The molecule has 108 valence electrons. The van der Waals surface area contributed by atoms with Gasteiger partial charge in [0.1, 0.15) is 0 Å². The number of carbonyl (C=O) groups is 1. The van der Waals surface area contributed by atoms with Crippen molar-refractivity contribution in [3.05, 3.63) is 0 Å². The lowest BCUT2D eigenvalue weighted by atomic mass is 9.76. The Kier molecular flexibility index (Phi) is 6.90. The van der Waals surface area contributed by atoms with Crippen LogP contribution in [0, 0.1) is 16.7 Å². The molecule has 0 fully saturated rings. The van der Waals surface area contributed by atoms with Crippen LogP contribution in [0.3, 0.4) is 0 Å². The first-order valence-corrected chi connectivity index (χ1v) is 7.03. The highest BCUT2D eigenvalue weighted by atomic mass is 16.1. The van der Waals surface area contributed by atoms with Gasteiger partial charge in [0.25, 0.3) is 0 Å². The molecule has 0 saturated heterocycles. The van der Waals surface area contributed by atoms with Gasteiger partial charge in [-0.1, -0.05) is 41.5 Å². The maximum atomic E-state index is 11.8. The van der Waals surface area contributed by atoms with Crippen LogP contribution in [0.4, 0.5) is 0 Å². The Morgan fingerprint density at radius 1 is 1.11 bits per heavy atom. The normalized spacial score (nSPS) is 14.4. The van der Waals surface area contributed by atoms with Gasteiger partial charge >= 0.3 is 0 Å². The summed E-state index contributed by atoms with van der Waals surface area (Å²) in [5.74, 6) is 0.680. The molecule has 1 unspecified atom stereocenters. The van der Waals surface area contributed by atoms with Crippen molar-refractivity contribution in [2.24, 2.45) is 22.5 Å². The van der Waals surface area contributed by atoms with Gasteiger partial charge in [-0.2, -0.15) is 0 Å². The lowest BCUT2D eigenvalue weighted by Gasteiger charge is -2.30. The van der Waals surface area contributed by atoms with Crippen molar-refractivity contribution in [3.8, 4) is 0 Å². The van der Waals surface area contributed by atoms with Crippen LogP contribution >= 0.6 is 0 Å². The summed E-state index contributed by atoms with van der Waals surface area (Å²) in [6.07, 6.45) is 2.53. The smallest absolute Gasteiger partial charge is 0.220 e. The molecule has 0 aromatic heterocycles. The molecule has 1 atom stereocenters. The predicted octanol–water partition coefficient (Wildman–Crippen LogP) is 2.94. The maximum absolute atomic E-state index is 11.8. The highest BCUT2D eigenvalue weighted by molar-refractivity contribution is 5.75. The lowest BCUT2D eigenvalue weighted by molar-refractivity contribution is -0.121. The van der Waals surface area contributed by atoms with Crippen LogP contribution in [0.1, 0.15) is 60.8 Å². The third-order valence-corrected chi connectivity index (χ3v) is 3.28. The second-order valence-corrected chi connectivity index (χ2v) is 7.52. The highest BCUT2D eigenvalue weighted by Gasteiger charge is 2.24. The number of amides is 1. The van der Waals surface area contributed by atoms with Crippen LogP contribution in [0.2, 0.25) is 0 Å². The summed E-state index contributed by atoms with van der Waals surface area (Å²) in [4.78, 5) is 11.8. The van der Waals surface area contributed by atoms with Crippen molar-refractivity contribution in [2.75, 3.05) is 13.1 Å². The molecule has 1 amide bonds. The van der Waals surface area contributed by atoms with E-state index in [2.05, 4.69) is 46.9 Å². The van der Waals surface area contributed by atoms with E-state index in [1.54, 1.807) is 0 Å². The van der Waals surface area contributed by atoms with E-state index in [-0.39, 0.29) is 16.7 Å². The molecule has 0 heterocycles. The summed E-state index contributed by atoms with van der Waals surface area (Å²) >= 11 is 0. The monoisotopic (exact) mass is 256 g/mol. The van der Waals surface area contributed by atoms with Crippen LogP contribution in [-0.4, -0.2) is 19.0 Å². The molecule has 3 N–H and O–H groups in total. The van der Waals surface area contributed by atoms with Crippen molar-refractivity contribution < 1.29 is 4.79 Å². The third kappa shape index (κ3) is 8.51. The fourth-order valence-electron chi connectivity index (χ4n) is 1.97. The minimum atomic E-state index is 0.149. The average molecular weight is 256 g/mol. The van der Waals surface area contributed by atoms with Gasteiger partial charge in [0.2, 0.25) is 5.91 Å². The average Bonchev–Trinajstić information content (AvgIpc) is 2.18. The second-order valence-electron chi connectivity index (χ2n) is 7.52. The summed E-state index contributed by atoms with van der Waals surface area (Å²) in [5.41, 5.74) is 6.02. The molecular weight excluding hydrogens is 224 g/mol. The minimum absolute atomic E-state index is 0.149. The molecule has 0 bridgehead atoms. The lowest BCUT2D eigenvalue weighted by Crippen LogP contribution is -2.33. The highest BCUT2D eigenvalue weighted by Crippen LogP contribution is 2.32. The number of hydrogen-bond donors (Lipinski definition) is 2. The Bertz CT molecular complexity index is 248. The number of nitrogens with two attached hydrogens (primary N) is 1. The van der Waals surface area contributed by atoms with Crippen LogP contribution < -0.4 is 11.1 Å². The molecule has 3 heteroatoms. The predicted molar refractivity (Wildman–Crippen MR) is 78.3 cm³/mol. The fraction of sp³-hybridized carbons (Fsp3) is 0.933. The zero-order valence-corrected chi connectivity index (χ0v) is 13.1. The van der Waals surface area contributed by atoms with Crippen LogP contribution in [0.15, 0.2) is 0 Å². The minimum Gasteiger partial charge on any atom is -0.356 e. The number of hydrogen-bond acceptors (Lipinski definition) is 2. The van der Waals surface area contributed by atoms with Gasteiger partial charge in [-0.25, -0.2) is 0 Å². The molecule has 0 aliphatic rings. The molecule has 0 aromatic carbocycles. The van der Waals surface area contributed by atoms with Gasteiger partial charge in [0, 0.05) is 13.0 Å². The molecule has 3 nitrogen and oxygen atoms in total. The summed E-state index contributed by atoms with van der Waals surface area (Å²) < 4.78 is 0. The van der Waals surface area contributed by atoms with Crippen LogP contribution in [-0.2, 0) is 4.79 Å². The number of rotatable bonds is 6. The molecule has 0 aliphatic heterocycles. The topological polar surface area (TPSA) is 55.1 Å². The van der Waals surface area contributed by atoms with E-state index >= 15 is 0 Å². The third-order valence-electron chi connectivity index (χ3n) is 3.28. The van der Waals surface area contributed by atoms with E-state index in [4.69, 9.17) is 5.73 Å². The standard InChI is InChI=1S/C15H32N2O/c1-14(2,3)11-17-13(18)8-7-12(9-10-16)15(4,5)6/h12H,7-11,16H2,1-6H3,(H,17,18). The van der Waals surface area contributed by atoms with E-state index in [1.165, 1.54) is 0 Å². The molecule has 0 aliphatic carbocycles. The van der Waals surface area contributed by atoms with Gasteiger partial charge in [-0.15, -0.1) is 0 Å². The van der Waals surface area contributed by atoms with Gasteiger partial charge in [-0.05, 0) is 36.1 Å². The van der Waals surface area contributed by atoms with E-state index in [0.717, 1.165) is 19.4 Å². The zero-order chi connectivity index (χ0) is 14.4. The van der Waals surface area contributed by atoms with Crippen molar-refractivity contribution in [3.63, 3.8) is 0 Å². The number of carbonyl (C=O) groups excluding carboxylic acids is 1. The first-order valence-electron chi connectivity index (χ1n) is 7.03. The van der Waals surface area contributed by atoms with Crippen molar-refractivity contribution in [1.82, 2.24) is 5.32 Å². The SMILES string of the molecule is CC(C)(C)CNC(=O)CCC(CCN)C(C)(C)C. The molecule has 0 radical (unpaired) electrons. The maximum Gasteiger partial charge on any atom is 0.220 e. The molecule has 0 rings (SSSR count). The van der Waals surface area contributed by atoms with Crippen LogP contribution in [0.25, 0.3) is 0 Å². The Labute approximate surface area is 113 Å². The van der Waals surface area contributed by atoms with Gasteiger partial charge in [-0.3, -0.25) is 4.79 Å². The Morgan fingerprint density at radius 3 is 2.06 bits per heavy atom. The molecule has 0 aromatic rings. The van der Waals surface area contributed by atoms with Gasteiger partial charge in [0.15, 0.2) is 0 Å².